The molecule has 11 heteroatoms. The number of anilines is 2. The van der Waals surface area contributed by atoms with Gasteiger partial charge in [-0.2, -0.15) is 0 Å². The zero-order valence-electron chi connectivity index (χ0n) is 20.8. The summed E-state index contributed by atoms with van der Waals surface area (Å²) in [6.07, 6.45) is 2.79. The van der Waals surface area contributed by atoms with Crippen LogP contribution in [0.3, 0.4) is 0 Å². The summed E-state index contributed by atoms with van der Waals surface area (Å²) in [6.45, 7) is 7.79. The van der Waals surface area contributed by atoms with E-state index in [2.05, 4.69) is 4.98 Å². The number of carbonyl (C=O) groups excluding carboxylic acids is 1. The largest absolute Gasteiger partial charge is 0.383 e. The van der Waals surface area contributed by atoms with Crippen LogP contribution in [0.4, 0.5) is 11.5 Å². The number of aromatic amines is 1. The number of sulfonamides is 1. The summed E-state index contributed by atoms with van der Waals surface area (Å²) >= 11 is 0. The number of rotatable bonds is 10. The monoisotopic (exact) mass is 493 g/mol. The van der Waals surface area contributed by atoms with Crippen LogP contribution in [0.1, 0.15) is 61.0 Å². The molecule has 0 bridgehead atoms. The number of carbonyl (C=O) groups is 1. The SMILES string of the molecule is CCCCN(C(=O)c1cc(C)c(C)c(S(=O)(=O)N(C)C)c1)c1c(N)n(CCCC)c(=O)[nH]c1=O. The van der Waals surface area contributed by atoms with Crippen molar-refractivity contribution in [2.45, 2.75) is 64.8 Å². The zero-order valence-corrected chi connectivity index (χ0v) is 21.6. The molecule has 1 heterocycles. The first-order valence-electron chi connectivity index (χ1n) is 11.4. The predicted octanol–water partition coefficient (Wildman–Crippen LogP) is 2.23. The second kappa shape index (κ2) is 11.0. The zero-order chi connectivity index (χ0) is 25.8. The molecule has 1 aromatic carbocycles. The van der Waals surface area contributed by atoms with E-state index in [-0.39, 0.29) is 28.5 Å². The minimum Gasteiger partial charge on any atom is -0.383 e. The van der Waals surface area contributed by atoms with Gasteiger partial charge in [0.1, 0.15) is 5.82 Å². The summed E-state index contributed by atoms with van der Waals surface area (Å²) in [4.78, 5) is 42.4. The average Bonchev–Trinajstić information content (AvgIpc) is 2.76. The lowest BCUT2D eigenvalue weighted by Crippen LogP contribution is -2.41. The summed E-state index contributed by atoms with van der Waals surface area (Å²) in [5, 5.41) is 0. The molecule has 0 spiro atoms. The fraction of sp³-hybridized carbons (Fsp3) is 0.522. The van der Waals surface area contributed by atoms with Crippen molar-refractivity contribution in [3.05, 3.63) is 49.7 Å². The van der Waals surface area contributed by atoms with E-state index in [0.29, 0.717) is 30.5 Å². The van der Waals surface area contributed by atoms with E-state index in [9.17, 15) is 22.8 Å². The van der Waals surface area contributed by atoms with Crippen molar-refractivity contribution in [1.29, 1.82) is 0 Å². The van der Waals surface area contributed by atoms with Crippen molar-refractivity contribution >= 4 is 27.4 Å². The van der Waals surface area contributed by atoms with Crippen molar-refractivity contribution in [3.8, 4) is 0 Å². The molecule has 0 unspecified atom stereocenters. The molecule has 0 aliphatic heterocycles. The van der Waals surface area contributed by atoms with Gasteiger partial charge in [-0.3, -0.25) is 19.1 Å². The maximum Gasteiger partial charge on any atom is 0.330 e. The highest BCUT2D eigenvalue weighted by molar-refractivity contribution is 7.89. The highest BCUT2D eigenvalue weighted by Gasteiger charge is 2.28. The molecule has 10 nitrogen and oxygen atoms in total. The molecule has 2 rings (SSSR count). The number of nitrogens with zero attached hydrogens (tertiary/aromatic N) is 3. The van der Waals surface area contributed by atoms with Gasteiger partial charge >= 0.3 is 5.69 Å². The van der Waals surface area contributed by atoms with Crippen molar-refractivity contribution in [2.75, 3.05) is 31.3 Å². The number of benzene rings is 1. The van der Waals surface area contributed by atoms with Crippen molar-refractivity contribution in [3.63, 3.8) is 0 Å². The third-order valence-corrected chi connectivity index (χ3v) is 7.77. The minimum absolute atomic E-state index is 0.0195. The Bertz CT molecular complexity index is 1280. The molecule has 0 saturated heterocycles. The van der Waals surface area contributed by atoms with Crippen LogP contribution in [0.25, 0.3) is 0 Å². The van der Waals surface area contributed by atoms with E-state index in [1.807, 2.05) is 13.8 Å². The number of aryl methyl sites for hydroxylation is 1. The van der Waals surface area contributed by atoms with Crippen LogP contribution < -0.4 is 21.9 Å². The standard InChI is InChI=1S/C23H35N5O5S/c1-7-9-11-27(19-20(24)28(12-10-8-2)23(31)25-21(19)29)22(30)17-13-15(3)16(4)18(14-17)34(32,33)26(5)6/h13-14H,7-12,24H2,1-6H3,(H,25,29,31). The van der Waals surface area contributed by atoms with Gasteiger partial charge in [-0.1, -0.05) is 26.7 Å². The topological polar surface area (TPSA) is 139 Å². The first kappa shape index (κ1) is 27.3. The fourth-order valence-electron chi connectivity index (χ4n) is 3.58. The van der Waals surface area contributed by atoms with Gasteiger partial charge < -0.3 is 10.6 Å². The first-order valence-corrected chi connectivity index (χ1v) is 12.8. The van der Waals surface area contributed by atoms with Gasteiger partial charge in [0.25, 0.3) is 11.5 Å². The summed E-state index contributed by atoms with van der Waals surface area (Å²) in [6, 6.07) is 2.93. The minimum atomic E-state index is -3.81. The van der Waals surface area contributed by atoms with Crippen LogP contribution in [0.2, 0.25) is 0 Å². The number of H-pyrrole nitrogens is 1. The van der Waals surface area contributed by atoms with E-state index in [1.165, 1.54) is 29.6 Å². The molecule has 0 fully saturated rings. The lowest BCUT2D eigenvalue weighted by atomic mass is 10.0. The first-order chi connectivity index (χ1) is 15.9. The maximum absolute atomic E-state index is 13.7. The van der Waals surface area contributed by atoms with Gasteiger partial charge in [-0.05, 0) is 49.9 Å². The van der Waals surface area contributed by atoms with Crippen LogP contribution in [-0.2, 0) is 16.6 Å². The van der Waals surface area contributed by atoms with Gasteiger partial charge in [-0.25, -0.2) is 17.5 Å². The second-order valence-corrected chi connectivity index (χ2v) is 10.6. The highest BCUT2D eigenvalue weighted by Crippen LogP contribution is 2.26. The molecule has 3 N–H and O–H groups in total. The number of nitrogens with two attached hydrogens (primary N) is 1. The molecule has 1 amide bonds. The molecule has 188 valence electrons. The molecule has 0 radical (unpaired) electrons. The van der Waals surface area contributed by atoms with Gasteiger partial charge in [0.2, 0.25) is 10.0 Å². The Kier molecular flexibility index (Phi) is 8.84. The van der Waals surface area contributed by atoms with E-state index in [1.54, 1.807) is 19.9 Å². The van der Waals surface area contributed by atoms with E-state index in [4.69, 9.17) is 5.73 Å². The molecule has 0 aliphatic carbocycles. The van der Waals surface area contributed by atoms with Crippen LogP contribution in [0.15, 0.2) is 26.6 Å². The number of amides is 1. The molecular formula is C23H35N5O5S. The Labute approximate surface area is 200 Å². The van der Waals surface area contributed by atoms with Gasteiger partial charge in [-0.15, -0.1) is 0 Å². The fourth-order valence-corrected chi connectivity index (χ4v) is 4.80. The molecule has 0 atom stereocenters. The Morgan fingerprint density at radius 3 is 2.26 bits per heavy atom. The van der Waals surface area contributed by atoms with Crippen molar-refractivity contribution in [1.82, 2.24) is 13.9 Å². The lowest BCUT2D eigenvalue weighted by molar-refractivity contribution is 0.0986. The number of nitrogen functional groups attached to an aromatic ring is 1. The van der Waals surface area contributed by atoms with Gasteiger partial charge in [0.05, 0.1) is 4.90 Å². The highest BCUT2D eigenvalue weighted by atomic mass is 32.2. The average molecular weight is 494 g/mol. The van der Waals surface area contributed by atoms with Crippen LogP contribution >= 0.6 is 0 Å². The summed E-state index contributed by atoms with van der Waals surface area (Å²) in [7, 11) is -0.963. The van der Waals surface area contributed by atoms with E-state index in [0.717, 1.165) is 17.1 Å². The number of hydrogen-bond acceptors (Lipinski definition) is 6. The van der Waals surface area contributed by atoms with E-state index >= 15 is 0 Å². The molecular weight excluding hydrogens is 458 g/mol. The Morgan fingerprint density at radius 2 is 1.71 bits per heavy atom. The lowest BCUT2D eigenvalue weighted by Gasteiger charge is -2.25. The summed E-state index contributed by atoms with van der Waals surface area (Å²) in [5.41, 5.74) is 6.03. The molecule has 0 saturated carbocycles. The quantitative estimate of drug-likeness (QED) is 0.520. The molecule has 1 aromatic heterocycles. The number of aromatic nitrogens is 2. The number of unbranched alkanes of at least 4 members (excludes halogenated alkanes) is 2. The Hall–Kier alpha value is -2.92. The van der Waals surface area contributed by atoms with E-state index < -0.39 is 27.2 Å². The third kappa shape index (κ3) is 5.41. The second-order valence-electron chi connectivity index (χ2n) is 8.51. The molecule has 34 heavy (non-hydrogen) atoms. The third-order valence-electron chi connectivity index (χ3n) is 5.83. The maximum atomic E-state index is 13.7. The smallest absolute Gasteiger partial charge is 0.330 e. The van der Waals surface area contributed by atoms with Gasteiger partial charge in [0, 0.05) is 32.7 Å². The Morgan fingerprint density at radius 1 is 1.09 bits per heavy atom. The summed E-state index contributed by atoms with van der Waals surface area (Å²) < 4.78 is 28.1. The predicted molar refractivity (Wildman–Crippen MR) is 134 cm³/mol. The van der Waals surface area contributed by atoms with Crippen LogP contribution in [-0.4, -0.2) is 48.8 Å². The van der Waals surface area contributed by atoms with Crippen molar-refractivity contribution in [2.24, 2.45) is 0 Å². The number of nitrogens with one attached hydrogen (secondary N) is 1. The molecule has 2 aromatic rings. The van der Waals surface area contributed by atoms with Crippen LogP contribution in [0, 0.1) is 13.8 Å². The van der Waals surface area contributed by atoms with Crippen molar-refractivity contribution < 1.29 is 13.2 Å². The summed E-state index contributed by atoms with van der Waals surface area (Å²) in [5.74, 6) is -0.652. The molecule has 0 aliphatic rings. The Balaban J connectivity index is 2.74. The van der Waals surface area contributed by atoms with Gasteiger partial charge in [0.15, 0.2) is 5.69 Å². The van der Waals surface area contributed by atoms with Crippen LogP contribution in [0.5, 0.6) is 0 Å². The normalized spacial score (nSPS) is 11.7. The number of hydrogen-bond donors (Lipinski definition) is 2.